The molecule has 0 amide bonds. The summed E-state index contributed by atoms with van der Waals surface area (Å²) in [5.74, 6) is -0.943. The zero-order chi connectivity index (χ0) is 13.1. The number of carboxylic acid groups (broad SMARTS) is 1. The molecular formula is C11H9N3O4. The Morgan fingerprint density at radius 3 is 3.00 bits per heavy atom. The summed E-state index contributed by atoms with van der Waals surface area (Å²) in [5, 5.41) is 26.4. The Morgan fingerprint density at radius 2 is 2.33 bits per heavy atom. The largest absolute Gasteiger partial charge is 0.481 e. The molecule has 0 aliphatic rings. The summed E-state index contributed by atoms with van der Waals surface area (Å²) in [5.41, 5.74) is 1.11. The smallest absolute Gasteiger partial charge is 0.307 e. The van der Waals surface area contributed by atoms with Crippen molar-refractivity contribution in [1.82, 2.24) is 10.2 Å². The second kappa shape index (κ2) is 4.66. The standard InChI is InChI=1S/C11H9N3O4/c15-11(16)3-1-2-9-8-6-7(14(17)18)4-5-10(8)13-12-9/h1-2,4-6H,3H2,(H,12,13)(H,15,16). The Morgan fingerprint density at radius 1 is 1.56 bits per heavy atom. The van der Waals surface area contributed by atoms with Gasteiger partial charge in [0.2, 0.25) is 0 Å². The van der Waals surface area contributed by atoms with Crippen molar-refractivity contribution in [3.8, 4) is 0 Å². The maximum atomic E-state index is 10.7. The molecule has 0 atom stereocenters. The molecule has 0 aliphatic heterocycles. The molecule has 2 aromatic rings. The van der Waals surface area contributed by atoms with Crippen LogP contribution in [0.15, 0.2) is 24.3 Å². The quantitative estimate of drug-likeness (QED) is 0.634. The molecule has 1 aromatic heterocycles. The van der Waals surface area contributed by atoms with E-state index in [0.29, 0.717) is 16.6 Å². The lowest BCUT2D eigenvalue weighted by Gasteiger charge is -1.92. The van der Waals surface area contributed by atoms with Gasteiger partial charge in [-0.1, -0.05) is 6.08 Å². The van der Waals surface area contributed by atoms with Crippen molar-refractivity contribution < 1.29 is 14.8 Å². The molecule has 0 saturated heterocycles. The number of rotatable bonds is 4. The number of carboxylic acids is 1. The van der Waals surface area contributed by atoms with Crippen molar-refractivity contribution in [2.75, 3.05) is 0 Å². The van der Waals surface area contributed by atoms with Crippen molar-refractivity contribution in [2.45, 2.75) is 6.42 Å². The highest BCUT2D eigenvalue weighted by Crippen LogP contribution is 2.22. The van der Waals surface area contributed by atoms with Crippen LogP contribution in [0.5, 0.6) is 0 Å². The van der Waals surface area contributed by atoms with Crippen molar-refractivity contribution in [2.24, 2.45) is 0 Å². The van der Waals surface area contributed by atoms with E-state index in [9.17, 15) is 14.9 Å². The average molecular weight is 247 g/mol. The van der Waals surface area contributed by atoms with Gasteiger partial charge in [0.05, 0.1) is 22.6 Å². The zero-order valence-corrected chi connectivity index (χ0v) is 9.16. The topological polar surface area (TPSA) is 109 Å². The molecule has 1 aromatic carbocycles. The Balaban J connectivity index is 2.39. The fraction of sp³-hybridized carbons (Fsp3) is 0.0909. The fourth-order valence-corrected chi connectivity index (χ4v) is 1.54. The van der Waals surface area contributed by atoms with E-state index in [1.54, 1.807) is 12.1 Å². The normalized spacial score (nSPS) is 11.1. The van der Waals surface area contributed by atoms with Gasteiger partial charge in [-0.2, -0.15) is 5.10 Å². The molecule has 0 saturated carbocycles. The number of carbonyl (C=O) groups is 1. The number of hydrogen-bond acceptors (Lipinski definition) is 4. The number of non-ortho nitro benzene ring substituents is 1. The molecule has 0 fully saturated rings. The summed E-state index contributed by atoms with van der Waals surface area (Å²) in [4.78, 5) is 20.5. The number of benzene rings is 1. The van der Waals surface area contributed by atoms with Crippen LogP contribution >= 0.6 is 0 Å². The number of aromatic amines is 1. The second-order valence-electron chi connectivity index (χ2n) is 3.60. The summed E-state index contributed by atoms with van der Waals surface area (Å²) >= 11 is 0. The van der Waals surface area contributed by atoms with Crippen LogP contribution in [-0.2, 0) is 4.79 Å². The van der Waals surface area contributed by atoms with Crippen molar-refractivity contribution >= 4 is 28.6 Å². The molecule has 0 radical (unpaired) electrons. The third kappa shape index (κ3) is 2.34. The van der Waals surface area contributed by atoms with Gasteiger partial charge in [-0.25, -0.2) is 0 Å². The fourth-order valence-electron chi connectivity index (χ4n) is 1.54. The van der Waals surface area contributed by atoms with Crippen LogP contribution < -0.4 is 0 Å². The maximum absolute atomic E-state index is 10.7. The summed E-state index contributed by atoms with van der Waals surface area (Å²) in [6.07, 6.45) is 2.89. The minimum Gasteiger partial charge on any atom is -0.481 e. The van der Waals surface area contributed by atoms with E-state index in [0.717, 1.165) is 0 Å². The number of fused-ring (bicyclic) bond motifs is 1. The first-order chi connectivity index (χ1) is 8.58. The molecule has 0 aliphatic carbocycles. The minimum absolute atomic E-state index is 0.0308. The first-order valence-corrected chi connectivity index (χ1v) is 5.09. The highest BCUT2D eigenvalue weighted by molar-refractivity contribution is 5.88. The maximum Gasteiger partial charge on any atom is 0.307 e. The van der Waals surface area contributed by atoms with Gasteiger partial charge in [0.1, 0.15) is 0 Å². The van der Waals surface area contributed by atoms with Gasteiger partial charge in [-0.3, -0.25) is 20.0 Å². The predicted molar refractivity (Wildman–Crippen MR) is 64.0 cm³/mol. The number of hydrogen-bond donors (Lipinski definition) is 2. The van der Waals surface area contributed by atoms with Crippen LogP contribution in [0.25, 0.3) is 17.0 Å². The third-order valence-corrected chi connectivity index (χ3v) is 2.35. The van der Waals surface area contributed by atoms with Crippen molar-refractivity contribution in [1.29, 1.82) is 0 Å². The lowest BCUT2D eigenvalue weighted by atomic mass is 10.2. The van der Waals surface area contributed by atoms with Crippen LogP contribution in [0.1, 0.15) is 12.1 Å². The highest BCUT2D eigenvalue weighted by Gasteiger charge is 2.10. The summed E-state index contributed by atoms with van der Waals surface area (Å²) in [7, 11) is 0. The van der Waals surface area contributed by atoms with E-state index in [4.69, 9.17) is 5.11 Å². The lowest BCUT2D eigenvalue weighted by molar-refractivity contribution is -0.384. The van der Waals surface area contributed by atoms with Crippen LogP contribution in [-0.4, -0.2) is 26.2 Å². The molecule has 18 heavy (non-hydrogen) atoms. The summed E-state index contributed by atoms with van der Waals surface area (Å²) in [6.45, 7) is 0. The average Bonchev–Trinajstić information content (AvgIpc) is 2.71. The van der Waals surface area contributed by atoms with E-state index in [1.807, 2.05) is 0 Å². The van der Waals surface area contributed by atoms with E-state index in [2.05, 4.69) is 10.2 Å². The first kappa shape index (κ1) is 11.8. The molecule has 2 N–H and O–H groups in total. The van der Waals surface area contributed by atoms with Gasteiger partial charge in [-0.15, -0.1) is 0 Å². The van der Waals surface area contributed by atoms with Gasteiger partial charge in [0, 0.05) is 17.5 Å². The van der Waals surface area contributed by atoms with Crippen LogP contribution in [0, 0.1) is 10.1 Å². The van der Waals surface area contributed by atoms with Gasteiger partial charge in [0.25, 0.3) is 5.69 Å². The van der Waals surface area contributed by atoms with Gasteiger partial charge < -0.3 is 5.11 Å². The van der Waals surface area contributed by atoms with Crippen molar-refractivity contribution in [3.05, 3.63) is 40.1 Å². The van der Waals surface area contributed by atoms with E-state index >= 15 is 0 Å². The molecule has 0 unspecified atom stereocenters. The monoisotopic (exact) mass is 247 g/mol. The number of aromatic nitrogens is 2. The first-order valence-electron chi connectivity index (χ1n) is 5.09. The molecule has 0 bridgehead atoms. The molecule has 0 spiro atoms. The minimum atomic E-state index is -0.943. The van der Waals surface area contributed by atoms with Crippen LogP contribution in [0.3, 0.4) is 0 Å². The SMILES string of the molecule is O=C(O)CC=Cc1[nH]nc2ccc([N+](=O)[O-])cc12. The van der Waals surface area contributed by atoms with Crippen LogP contribution in [0.4, 0.5) is 5.69 Å². The van der Waals surface area contributed by atoms with E-state index in [-0.39, 0.29) is 12.1 Å². The zero-order valence-electron chi connectivity index (χ0n) is 9.16. The molecule has 92 valence electrons. The molecule has 1 heterocycles. The predicted octanol–water partition coefficient (Wildman–Crippen LogP) is 1.96. The van der Waals surface area contributed by atoms with Crippen LogP contribution in [0.2, 0.25) is 0 Å². The third-order valence-electron chi connectivity index (χ3n) is 2.35. The van der Waals surface area contributed by atoms with E-state index in [1.165, 1.54) is 18.2 Å². The number of nitro groups is 1. The molecule has 2 rings (SSSR count). The van der Waals surface area contributed by atoms with Crippen molar-refractivity contribution in [3.63, 3.8) is 0 Å². The Bertz CT molecular complexity index is 645. The van der Waals surface area contributed by atoms with Gasteiger partial charge >= 0.3 is 5.97 Å². The lowest BCUT2D eigenvalue weighted by Crippen LogP contribution is -1.89. The van der Waals surface area contributed by atoms with Gasteiger partial charge in [-0.05, 0) is 12.1 Å². The Hall–Kier alpha value is -2.70. The second-order valence-corrected chi connectivity index (χ2v) is 3.60. The van der Waals surface area contributed by atoms with E-state index < -0.39 is 10.9 Å². The number of H-pyrrole nitrogens is 1. The molecule has 7 heteroatoms. The van der Waals surface area contributed by atoms with Gasteiger partial charge in [0.15, 0.2) is 0 Å². The number of nitro benzene ring substituents is 1. The number of nitrogens with one attached hydrogen (secondary N) is 1. The number of aliphatic carboxylic acids is 1. The molecule has 7 nitrogen and oxygen atoms in total. The Kier molecular flexibility index (Phi) is 3.05. The highest BCUT2D eigenvalue weighted by atomic mass is 16.6. The Labute approximate surface area is 101 Å². The summed E-state index contributed by atoms with van der Waals surface area (Å²) in [6, 6.07) is 4.31. The molecular weight excluding hydrogens is 238 g/mol. The number of nitrogens with zero attached hydrogens (tertiary/aromatic N) is 2. The summed E-state index contributed by atoms with van der Waals surface area (Å²) < 4.78 is 0.